The molecule has 0 saturated heterocycles. The highest BCUT2D eigenvalue weighted by molar-refractivity contribution is 6.30. The van der Waals surface area contributed by atoms with Gasteiger partial charge in [0.15, 0.2) is 0 Å². The minimum absolute atomic E-state index is 0.0701. The van der Waals surface area contributed by atoms with Crippen LogP contribution < -0.4 is 5.32 Å². The zero-order valence-electron chi connectivity index (χ0n) is 16.1. The normalized spacial score (nSPS) is 15.5. The van der Waals surface area contributed by atoms with Crippen molar-refractivity contribution in [1.82, 2.24) is 25.0 Å². The van der Waals surface area contributed by atoms with Crippen LogP contribution in [-0.4, -0.2) is 30.9 Å². The van der Waals surface area contributed by atoms with Gasteiger partial charge in [-0.05, 0) is 24.6 Å². The molecular formula is C22H17ClN6O. The van der Waals surface area contributed by atoms with E-state index in [0.717, 1.165) is 22.4 Å². The first-order valence-corrected chi connectivity index (χ1v) is 9.88. The maximum absolute atomic E-state index is 12.5. The third-order valence-electron chi connectivity index (χ3n) is 5.18. The second-order valence-corrected chi connectivity index (χ2v) is 7.56. The fraction of sp³-hybridized carbons (Fsp3) is 0.136. The number of rotatable bonds is 3. The summed E-state index contributed by atoms with van der Waals surface area (Å²) in [6, 6.07) is 17.3. The number of carbonyl (C=O) groups excluding carboxylic acids is 1. The highest BCUT2D eigenvalue weighted by atomic mass is 35.5. The fourth-order valence-corrected chi connectivity index (χ4v) is 3.93. The van der Waals surface area contributed by atoms with Gasteiger partial charge in [-0.25, -0.2) is 4.98 Å². The number of amides is 1. The van der Waals surface area contributed by atoms with E-state index >= 15 is 0 Å². The summed E-state index contributed by atoms with van der Waals surface area (Å²) >= 11 is 5.98. The first-order chi connectivity index (χ1) is 14.6. The molecular weight excluding hydrogens is 400 g/mol. The zero-order valence-corrected chi connectivity index (χ0v) is 16.8. The van der Waals surface area contributed by atoms with Gasteiger partial charge in [-0.1, -0.05) is 54.1 Å². The summed E-state index contributed by atoms with van der Waals surface area (Å²) < 4.78 is 1.56. The SMILES string of the molecule is Cc1nn(-c2nncc(-c3ccc(Cl)cc3)n2)c2c1[C@H](c1ccccc1)CC(=O)N2. The van der Waals surface area contributed by atoms with Gasteiger partial charge in [0.25, 0.3) is 5.95 Å². The molecule has 1 N–H and O–H groups in total. The average molecular weight is 417 g/mol. The molecule has 1 aliphatic heterocycles. The molecule has 2 aromatic heterocycles. The summed E-state index contributed by atoms with van der Waals surface area (Å²) in [5.41, 5.74) is 4.37. The Balaban J connectivity index is 1.61. The van der Waals surface area contributed by atoms with Crippen molar-refractivity contribution in [3.05, 3.63) is 82.6 Å². The minimum atomic E-state index is -0.0730. The van der Waals surface area contributed by atoms with E-state index in [9.17, 15) is 4.79 Å². The molecule has 0 spiro atoms. The zero-order chi connectivity index (χ0) is 20.7. The van der Waals surface area contributed by atoms with Crippen molar-refractivity contribution in [1.29, 1.82) is 0 Å². The highest BCUT2D eigenvalue weighted by Gasteiger charge is 2.33. The lowest BCUT2D eigenvalue weighted by molar-refractivity contribution is -0.116. The number of carbonyl (C=O) groups is 1. The van der Waals surface area contributed by atoms with E-state index in [-0.39, 0.29) is 11.8 Å². The quantitative estimate of drug-likeness (QED) is 0.542. The molecule has 8 heteroatoms. The lowest BCUT2D eigenvalue weighted by Gasteiger charge is -2.24. The maximum Gasteiger partial charge on any atom is 0.272 e. The van der Waals surface area contributed by atoms with E-state index in [4.69, 9.17) is 11.6 Å². The Kier molecular flexibility index (Phi) is 4.52. The Labute approximate surface area is 177 Å². The predicted octanol–water partition coefficient (Wildman–Crippen LogP) is 4.16. The Morgan fingerprint density at radius 2 is 1.87 bits per heavy atom. The number of fused-ring (bicyclic) bond motifs is 1. The van der Waals surface area contributed by atoms with Crippen LogP contribution in [0.3, 0.4) is 0 Å². The summed E-state index contributed by atoms with van der Waals surface area (Å²) in [4.78, 5) is 17.1. The van der Waals surface area contributed by atoms with Crippen molar-refractivity contribution in [2.45, 2.75) is 19.3 Å². The van der Waals surface area contributed by atoms with Crippen LogP contribution in [0.1, 0.15) is 29.2 Å². The molecule has 0 aliphatic carbocycles. The molecule has 0 fully saturated rings. The highest BCUT2D eigenvalue weighted by Crippen LogP contribution is 2.39. The van der Waals surface area contributed by atoms with E-state index in [1.165, 1.54) is 0 Å². The van der Waals surface area contributed by atoms with Gasteiger partial charge in [0.1, 0.15) is 5.82 Å². The standard InChI is InChI=1S/C22H17ClN6O/c1-13-20-17(14-5-3-2-4-6-14)11-19(30)26-21(20)29(28-13)22-25-18(12-24-27-22)15-7-9-16(23)10-8-15/h2-10,12,17H,11H2,1H3,(H,26,30)/t17-/m0/s1. The van der Waals surface area contributed by atoms with Crippen LogP contribution in [0.15, 0.2) is 60.8 Å². The lowest BCUT2D eigenvalue weighted by Crippen LogP contribution is -2.25. The predicted molar refractivity (Wildman–Crippen MR) is 114 cm³/mol. The molecule has 1 amide bonds. The molecule has 7 nitrogen and oxygen atoms in total. The molecule has 1 atom stereocenters. The van der Waals surface area contributed by atoms with Crippen molar-refractivity contribution < 1.29 is 4.79 Å². The molecule has 5 rings (SSSR count). The van der Waals surface area contributed by atoms with Crippen LogP contribution in [0.4, 0.5) is 5.82 Å². The van der Waals surface area contributed by atoms with Gasteiger partial charge >= 0.3 is 0 Å². The van der Waals surface area contributed by atoms with Crippen molar-refractivity contribution in [2.75, 3.05) is 5.32 Å². The molecule has 148 valence electrons. The van der Waals surface area contributed by atoms with E-state index in [0.29, 0.717) is 28.9 Å². The van der Waals surface area contributed by atoms with Crippen LogP contribution in [0, 0.1) is 6.92 Å². The van der Waals surface area contributed by atoms with Gasteiger partial charge < -0.3 is 5.32 Å². The average Bonchev–Trinajstić information content (AvgIpc) is 3.10. The lowest BCUT2D eigenvalue weighted by atomic mass is 9.86. The van der Waals surface area contributed by atoms with Crippen LogP contribution >= 0.6 is 11.6 Å². The minimum Gasteiger partial charge on any atom is -0.310 e. The van der Waals surface area contributed by atoms with Crippen molar-refractivity contribution in [2.24, 2.45) is 0 Å². The number of halogens is 1. The largest absolute Gasteiger partial charge is 0.310 e. The Bertz CT molecular complexity index is 1240. The van der Waals surface area contributed by atoms with Crippen molar-refractivity contribution >= 4 is 23.3 Å². The van der Waals surface area contributed by atoms with Crippen LogP contribution in [-0.2, 0) is 4.79 Å². The van der Waals surface area contributed by atoms with E-state index in [1.807, 2.05) is 49.4 Å². The summed E-state index contributed by atoms with van der Waals surface area (Å²) in [7, 11) is 0. The summed E-state index contributed by atoms with van der Waals surface area (Å²) in [6.07, 6.45) is 1.95. The Hall–Kier alpha value is -3.58. The smallest absolute Gasteiger partial charge is 0.272 e. The number of benzene rings is 2. The number of aromatic nitrogens is 5. The molecule has 1 aliphatic rings. The molecule has 0 unspecified atom stereocenters. The molecule has 0 saturated carbocycles. The van der Waals surface area contributed by atoms with Gasteiger partial charge in [0.05, 0.1) is 17.6 Å². The van der Waals surface area contributed by atoms with E-state index in [1.54, 1.807) is 23.0 Å². The van der Waals surface area contributed by atoms with Gasteiger partial charge in [0, 0.05) is 28.5 Å². The number of nitrogens with zero attached hydrogens (tertiary/aromatic N) is 5. The van der Waals surface area contributed by atoms with Gasteiger partial charge in [-0.2, -0.15) is 14.9 Å². The van der Waals surface area contributed by atoms with Crippen LogP contribution in [0.2, 0.25) is 5.02 Å². The van der Waals surface area contributed by atoms with Crippen molar-refractivity contribution in [3.63, 3.8) is 0 Å². The number of anilines is 1. The molecule has 30 heavy (non-hydrogen) atoms. The summed E-state index contributed by atoms with van der Waals surface area (Å²) in [5, 5.41) is 16.5. The van der Waals surface area contributed by atoms with E-state index in [2.05, 4.69) is 25.6 Å². The van der Waals surface area contributed by atoms with Gasteiger partial charge in [0.2, 0.25) is 5.91 Å². The first-order valence-electron chi connectivity index (χ1n) is 9.50. The van der Waals surface area contributed by atoms with Gasteiger partial charge in [-0.15, -0.1) is 5.10 Å². The Morgan fingerprint density at radius 3 is 2.63 bits per heavy atom. The number of hydrogen-bond acceptors (Lipinski definition) is 5. The summed E-state index contributed by atoms with van der Waals surface area (Å²) in [6.45, 7) is 1.93. The molecule has 0 radical (unpaired) electrons. The third kappa shape index (κ3) is 3.23. The molecule has 3 heterocycles. The summed E-state index contributed by atoms with van der Waals surface area (Å²) in [5.74, 6) is 0.740. The number of nitrogens with one attached hydrogen (secondary N) is 1. The van der Waals surface area contributed by atoms with Crippen molar-refractivity contribution in [3.8, 4) is 17.2 Å². The van der Waals surface area contributed by atoms with Gasteiger partial charge in [-0.3, -0.25) is 4.79 Å². The third-order valence-corrected chi connectivity index (χ3v) is 5.43. The topological polar surface area (TPSA) is 85.6 Å². The van der Waals surface area contributed by atoms with E-state index < -0.39 is 0 Å². The first kappa shape index (κ1) is 18.4. The molecule has 0 bridgehead atoms. The molecule has 2 aromatic carbocycles. The number of aryl methyl sites for hydroxylation is 1. The monoisotopic (exact) mass is 416 g/mol. The van der Waals surface area contributed by atoms with Crippen LogP contribution in [0.5, 0.6) is 0 Å². The maximum atomic E-state index is 12.5. The van der Waals surface area contributed by atoms with Crippen LogP contribution in [0.25, 0.3) is 17.2 Å². The number of hydrogen-bond donors (Lipinski definition) is 1. The Morgan fingerprint density at radius 1 is 1.10 bits per heavy atom. The second-order valence-electron chi connectivity index (χ2n) is 7.12. The molecule has 4 aromatic rings. The fourth-order valence-electron chi connectivity index (χ4n) is 3.81. The second kappa shape index (κ2) is 7.35.